The summed E-state index contributed by atoms with van der Waals surface area (Å²) in [5.74, 6) is 0. The molecule has 1 aliphatic heterocycles. The normalized spacial score (nSPS) is 22.3. The maximum atomic E-state index is 5.99. The van der Waals surface area contributed by atoms with Gasteiger partial charge >= 0.3 is 0 Å². The fourth-order valence-electron chi connectivity index (χ4n) is 2.34. The molecule has 2 nitrogen and oxygen atoms in total. The minimum absolute atomic E-state index is 0.0852. The molecule has 0 saturated carbocycles. The largest absolute Gasteiger partial charge is 0.370 e. The molecule has 0 spiro atoms. The quantitative estimate of drug-likeness (QED) is 0.897. The van der Waals surface area contributed by atoms with Crippen LogP contribution in [0.2, 0.25) is 0 Å². The zero-order valence-electron chi connectivity index (χ0n) is 11.3. The van der Waals surface area contributed by atoms with Gasteiger partial charge in [-0.3, -0.25) is 0 Å². The lowest BCUT2D eigenvalue weighted by atomic mass is 10.00. The summed E-state index contributed by atoms with van der Waals surface area (Å²) in [6, 6.07) is 12.9. The van der Waals surface area contributed by atoms with Crippen molar-refractivity contribution in [3.63, 3.8) is 0 Å². The summed E-state index contributed by atoms with van der Waals surface area (Å²) in [6.07, 6.45) is 0.160. The molecule has 1 atom stereocenters. The predicted molar refractivity (Wildman–Crippen MR) is 80.5 cm³/mol. The Morgan fingerprint density at radius 3 is 2.84 bits per heavy atom. The average Bonchev–Trinajstić information content (AvgIpc) is 2.93. The highest BCUT2D eigenvalue weighted by Crippen LogP contribution is 2.29. The van der Waals surface area contributed by atoms with E-state index in [4.69, 9.17) is 4.74 Å². The van der Waals surface area contributed by atoms with E-state index < -0.39 is 0 Å². The monoisotopic (exact) mass is 273 g/mol. The molecule has 0 bridgehead atoms. The van der Waals surface area contributed by atoms with Gasteiger partial charge in [0.25, 0.3) is 0 Å². The molecule has 2 aromatic rings. The summed E-state index contributed by atoms with van der Waals surface area (Å²) in [6.45, 7) is 5.97. The molecule has 1 saturated heterocycles. The van der Waals surface area contributed by atoms with Crippen LogP contribution in [-0.2, 0) is 4.74 Å². The molecule has 0 aliphatic carbocycles. The maximum Gasteiger partial charge on any atom is 0.0950 e. The van der Waals surface area contributed by atoms with Crippen molar-refractivity contribution in [3.8, 4) is 10.4 Å². The minimum Gasteiger partial charge on any atom is -0.370 e. The lowest BCUT2D eigenvalue weighted by Crippen LogP contribution is -2.50. The Labute approximate surface area is 118 Å². The molecule has 3 heteroatoms. The Morgan fingerprint density at radius 2 is 2.16 bits per heavy atom. The highest BCUT2D eigenvalue weighted by molar-refractivity contribution is 7.13. The van der Waals surface area contributed by atoms with E-state index in [1.807, 2.05) is 0 Å². The average molecular weight is 273 g/mol. The number of nitrogens with one attached hydrogen (secondary N) is 1. The van der Waals surface area contributed by atoms with Crippen molar-refractivity contribution < 1.29 is 4.74 Å². The van der Waals surface area contributed by atoms with Crippen molar-refractivity contribution in [3.05, 3.63) is 47.3 Å². The van der Waals surface area contributed by atoms with E-state index >= 15 is 0 Å². The Hall–Kier alpha value is -1.16. The molecular weight excluding hydrogens is 254 g/mol. The Kier molecular flexibility index (Phi) is 3.44. The van der Waals surface area contributed by atoms with E-state index in [1.165, 1.54) is 16.0 Å². The molecule has 1 aromatic heterocycles. The highest BCUT2D eigenvalue weighted by Gasteiger charge is 2.27. The van der Waals surface area contributed by atoms with Gasteiger partial charge in [0.2, 0.25) is 0 Å². The lowest BCUT2D eigenvalue weighted by molar-refractivity contribution is -0.0228. The van der Waals surface area contributed by atoms with Gasteiger partial charge in [0.1, 0.15) is 0 Å². The number of morpholine rings is 1. The lowest BCUT2D eigenvalue weighted by Gasteiger charge is -2.36. The van der Waals surface area contributed by atoms with Crippen LogP contribution in [0.15, 0.2) is 41.8 Å². The molecule has 1 aromatic carbocycles. The molecule has 3 rings (SSSR count). The first-order chi connectivity index (χ1) is 9.14. The van der Waals surface area contributed by atoms with Crippen LogP contribution in [0.4, 0.5) is 0 Å². The number of ether oxygens (including phenoxy) is 1. The summed E-state index contributed by atoms with van der Waals surface area (Å²) in [5, 5.41) is 5.65. The van der Waals surface area contributed by atoms with Crippen LogP contribution in [0, 0.1) is 0 Å². The number of rotatable bonds is 2. The summed E-state index contributed by atoms with van der Waals surface area (Å²) >= 11 is 1.77. The molecule has 1 fully saturated rings. The Bertz CT molecular complexity index is 538. The van der Waals surface area contributed by atoms with E-state index in [-0.39, 0.29) is 11.6 Å². The van der Waals surface area contributed by atoms with Crippen LogP contribution in [-0.4, -0.2) is 18.7 Å². The Balaban J connectivity index is 1.81. The van der Waals surface area contributed by atoms with Crippen molar-refractivity contribution in [2.75, 3.05) is 13.2 Å². The molecule has 2 heterocycles. The number of hydrogen-bond acceptors (Lipinski definition) is 3. The van der Waals surface area contributed by atoms with Crippen molar-refractivity contribution in [2.45, 2.75) is 25.5 Å². The molecule has 0 radical (unpaired) electrons. The van der Waals surface area contributed by atoms with E-state index in [0.717, 1.165) is 13.2 Å². The Morgan fingerprint density at radius 1 is 1.26 bits per heavy atom. The van der Waals surface area contributed by atoms with E-state index in [2.05, 4.69) is 60.9 Å². The molecule has 19 heavy (non-hydrogen) atoms. The van der Waals surface area contributed by atoms with Crippen LogP contribution in [0.3, 0.4) is 0 Å². The van der Waals surface area contributed by atoms with Crippen LogP contribution in [0.25, 0.3) is 10.4 Å². The van der Waals surface area contributed by atoms with Gasteiger partial charge in [-0.15, -0.1) is 11.3 Å². The van der Waals surface area contributed by atoms with Crippen molar-refractivity contribution in [2.24, 2.45) is 0 Å². The van der Waals surface area contributed by atoms with Gasteiger partial charge in [-0.2, -0.15) is 0 Å². The summed E-state index contributed by atoms with van der Waals surface area (Å²) in [7, 11) is 0. The van der Waals surface area contributed by atoms with Crippen LogP contribution in [0.1, 0.15) is 25.5 Å². The predicted octanol–water partition coefficient (Wildman–Crippen LogP) is 3.85. The smallest absolute Gasteiger partial charge is 0.0950 e. The molecule has 1 N–H and O–H groups in total. The first-order valence-electron chi connectivity index (χ1n) is 6.64. The standard InChI is InChI=1S/C16H19NOS/c1-16(2)11-18-14(10-17-16)12-5-3-6-13(9-12)15-7-4-8-19-15/h3-9,14,17H,10-11H2,1-2H3. The summed E-state index contributed by atoms with van der Waals surface area (Å²) < 4.78 is 5.99. The molecule has 100 valence electrons. The third-order valence-corrected chi connectivity index (χ3v) is 4.39. The van der Waals surface area contributed by atoms with Gasteiger partial charge < -0.3 is 10.1 Å². The van der Waals surface area contributed by atoms with E-state index in [0.29, 0.717) is 0 Å². The highest BCUT2D eigenvalue weighted by atomic mass is 32.1. The zero-order valence-corrected chi connectivity index (χ0v) is 12.2. The van der Waals surface area contributed by atoms with Crippen LogP contribution < -0.4 is 5.32 Å². The van der Waals surface area contributed by atoms with Crippen molar-refractivity contribution in [1.29, 1.82) is 0 Å². The summed E-state index contributed by atoms with van der Waals surface area (Å²) in [4.78, 5) is 1.31. The van der Waals surface area contributed by atoms with Crippen LogP contribution >= 0.6 is 11.3 Å². The van der Waals surface area contributed by atoms with Crippen molar-refractivity contribution in [1.82, 2.24) is 5.32 Å². The topological polar surface area (TPSA) is 21.3 Å². The van der Waals surface area contributed by atoms with Gasteiger partial charge in [0.05, 0.1) is 12.7 Å². The molecular formula is C16H19NOS. The zero-order chi connectivity index (χ0) is 13.3. The van der Waals surface area contributed by atoms with Crippen molar-refractivity contribution >= 4 is 11.3 Å². The number of benzene rings is 1. The first kappa shape index (κ1) is 12.9. The van der Waals surface area contributed by atoms with Gasteiger partial charge in [0.15, 0.2) is 0 Å². The number of thiophene rings is 1. The third-order valence-electron chi connectivity index (χ3n) is 3.48. The van der Waals surface area contributed by atoms with Gasteiger partial charge in [-0.05, 0) is 42.5 Å². The summed E-state index contributed by atoms with van der Waals surface area (Å²) in [5.41, 5.74) is 2.62. The van der Waals surface area contributed by atoms with Crippen LogP contribution in [0.5, 0.6) is 0 Å². The van der Waals surface area contributed by atoms with E-state index in [9.17, 15) is 0 Å². The fraction of sp³-hybridized carbons (Fsp3) is 0.375. The molecule has 1 aliphatic rings. The molecule has 1 unspecified atom stereocenters. The number of hydrogen-bond donors (Lipinski definition) is 1. The maximum absolute atomic E-state index is 5.99. The SMILES string of the molecule is CC1(C)COC(c2cccc(-c3cccs3)c2)CN1. The van der Waals surface area contributed by atoms with Gasteiger partial charge in [-0.1, -0.05) is 24.3 Å². The minimum atomic E-state index is 0.0852. The van der Waals surface area contributed by atoms with E-state index in [1.54, 1.807) is 11.3 Å². The molecule has 0 amide bonds. The second-order valence-corrected chi connectivity index (χ2v) is 6.61. The second-order valence-electron chi connectivity index (χ2n) is 5.67. The van der Waals surface area contributed by atoms with Gasteiger partial charge in [0, 0.05) is 17.0 Å². The first-order valence-corrected chi connectivity index (χ1v) is 7.52. The second kappa shape index (κ2) is 5.08. The van der Waals surface area contributed by atoms with Gasteiger partial charge in [-0.25, -0.2) is 0 Å². The fourth-order valence-corrected chi connectivity index (χ4v) is 3.06. The third kappa shape index (κ3) is 2.89.